The molecule has 3 rings (SSSR count). The zero-order valence-electron chi connectivity index (χ0n) is 16.9. The standard InChI is InChI=1S/C24H32N2O/c1-4-5-15-24(16-8-17-25-3)18-20-9-6-7-10-22(20)26(23(24)27)21-13-11-19(2)12-14-21/h6-7,9-14,25H,4-5,8,15-18H2,1-3H3. The number of unbranched alkanes of at least 4 members (excludes halogenated alkanes) is 1. The Labute approximate surface area is 163 Å². The second kappa shape index (κ2) is 8.71. The fourth-order valence-electron chi connectivity index (χ4n) is 4.25. The van der Waals surface area contributed by atoms with Crippen molar-refractivity contribution >= 4 is 17.3 Å². The number of fused-ring (bicyclic) bond motifs is 1. The first-order chi connectivity index (χ1) is 13.1. The number of benzene rings is 2. The van der Waals surface area contributed by atoms with Crippen LogP contribution in [0.4, 0.5) is 11.4 Å². The molecule has 0 radical (unpaired) electrons. The average molecular weight is 365 g/mol. The number of anilines is 2. The first-order valence-corrected chi connectivity index (χ1v) is 10.2. The fraction of sp³-hybridized carbons (Fsp3) is 0.458. The van der Waals surface area contributed by atoms with Crippen molar-refractivity contribution in [3.63, 3.8) is 0 Å². The smallest absolute Gasteiger partial charge is 0.238 e. The van der Waals surface area contributed by atoms with Crippen LogP contribution < -0.4 is 10.2 Å². The normalized spacial score (nSPS) is 19.2. The molecule has 1 heterocycles. The molecule has 144 valence electrons. The van der Waals surface area contributed by atoms with Crippen LogP contribution in [0.25, 0.3) is 0 Å². The van der Waals surface area contributed by atoms with Gasteiger partial charge in [0.05, 0.1) is 11.1 Å². The van der Waals surface area contributed by atoms with Gasteiger partial charge in [0.2, 0.25) is 5.91 Å². The monoisotopic (exact) mass is 364 g/mol. The van der Waals surface area contributed by atoms with Crippen LogP contribution in [0.15, 0.2) is 48.5 Å². The Morgan fingerprint density at radius 3 is 2.44 bits per heavy atom. The van der Waals surface area contributed by atoms with E-state index in [1.807, 2.05) is 18.0 Å². The van der Waals surface area contributed by atoms with Crippen molar-refractivity contribution in [1.29, 1.82) is 0 Å². The zero-order valence-corrected chi connectivity index (χ0v) is 16.9. The highest BCUT2D eigenvalue weighted by molar-refractivity contribution is 6.06. The first kappa shape index (κ1) is 19.6. The zero-order chi connectivity index (χ0) is 19.3. The van der Waals surface area contributed by atoms with Crippen LogP contribution in [0, 0.1) is 12.3 Å². The third kappa shape index (κ3) is 4.08. The second-order valence-corrected chi connectivity index (χ2v) is 7.87. The Morgan fingerprint density at radius 2 is 1.74 bits per heavy atom. The van der Waals surface area contributed by atoms with Crippen LogP contribution in [0.5, 0.6) is 0 Å². The summed E-state index contributed by atoms with van der Waals surface area (Å²) in [5.41, 5.74) is 4.23. The van der Waals surface area contributed by atoms with Crippen molar-refractivity contribution in [2.75, 3.05) is 18.5 Å². The van der Waals surface area contributed by atoms with Crippen LogP contribution >= 0.6 is 0 Å². The van der Waals surface area contributed by atoms with Gasteiger partial charge in [-0.2, -0.15) is 0 Å². The van der Waals surface area contributed by atoms with Crippen LogP contribution in [0.3, 0.4) is 0 Å². The van der Waals surface area contributed by atoms with Gasteiger partial charge in [0.1, 0.15) is 0 Å². The van der Waals surface area contributed by atoms with Crippen LogP contribution in [-0.2, 0) is 11.2 Å². The van der Waals surface area contributed by atoms with Gasteiger partial charge in [-0.05, 0) is 70.0 Å². The molecule has 0 saturated carbocycles. The molecule has 0 aliphatic carbocycles. The molecule has 0 aromatic heterocycles. The molecule has 1 atom stereocenters. The third-order valence-electron chi connectivity index (χ3n) is 5.80. The van der Waals surface area contributed by atoms with E-state index in [1.165, 1.54) is 11.1 Å². The fourth-order valence-corrected chi connectivity index (χ4v) is 4.25. The number of carbonyl (C=O) groups is 1. The van der Waals surface area contributed by atoms with Gasteiger partial charge < -0.3 is 5.32 Å². The van der Waals surface area contributed by atoms with E-state index in [2.05, 4.69) is 61.6 Å². The number of nitrogens with one attached hydrogen (secondary N) is 1. The Hall–Kier alpha value is -2.13. The molecule has 2 aromatic rings. The minimum absolute atomic E-state index is 0.273. The molecule has 1 amide bonds. The Morgan fingerprint density at radius 1 is 1.04 bits per heavy atom. The van der Waals surface area contributed by atoms with Gasteiger partial charge in [-0.25, -0.2) is 0 Å². The number of carbonyl (C=O) groups excluding carboxylic acids is 1. The van der Waals surface area contributed by atoms with E-state index >= 15 is 0 Å². The van der Waals surface area contributed by atoms with Crippen molar-refractivity contribution in [1.82, 2.24) is 5.32 Å². The molecule has 0 bridgehead atoms. The Bertz CT molecular complexity index is 768. The summed E-state index contributed by atoms with van der Waals surface area (Å²) < 4.78 is 0. The number of aryl methyl sites for hydroxylation is 1. The topological polar surface area (TPSA) is 32.3 Å². The largest absolute Gasteiger partial charge is 0.320 e. The summed E-state index contributed by atoms with van der Waals surface area (Å²) >= 11 is 0. The second-order valence-electron chi connectivity index (χ2n) is 7.87. The minimum Gasteiger partial charge on any atom is -0.320 e. The lowest BCUT2D eigenvalue weighted by molar-refractivity contribution is -0.129. The summed E-state index contributed by atoms with van der Waals surface area (Å²) in [4.78, 5) is 15.9. The van der Waals surface area contributed by atoms with Crippen molar-refractivity contribution in [2.45, 2.75) is 52.4 Å². The molecule has 2 aromatic carbocycles. The van der Waals surface area contributed by atoms with Gasteiger partial charge in [0.25, 0.3) is 0 Å². The van der Waals surface area contributed by atoms with Gasteiger partial charge in [-0.3, -0.25) is 9.69 Å². The molecule has 0 saturated heterocycles. The Balaban J connectivity index is 2.05. The summed E-state index contributed by atoms with van der Waals surface area (Å²) in [6, 6.07) is 16.8. The number of hydrogen-bond donors (Lipinski definition) is 1. The van der Waals surface area contributed by atoms with Crippen molar-refractivity contribution in [2.24, 2.45) is 5.41 Å². The van der Waals surface area contributed by atoms with E-state index in [4.69, 9.17) is 0 Å². The molecule has 3 nitrogen and oxygen atoms in total. The van der Waals surface area contributed by atoms with E-state index in [0.29, 0.717) is 0 Å². The first-order valence-electron chi connectivity index (χ1n) is 10.2. The van der Waals surface area contributed by atoms with E-state index in [0.717, 1.165) is 56.4 Å². The minimum atomic E-state index is -0.300. The summed E-state index contributed by atoms with van der Waals surface area (Å²) in [5, 5.41) is 3.24. The lowest BCUT2D eigenvalue weighted by Crippen LogP contribution is -2.47. The highest BCUT2D eigenvalue weighted by Gasteiger charge is 2.45. The summed E-state index contributed by atoms with van der Waals surface area (Å²) in [6.07, 6.45) is 5.98. The summed E-state index contributed by atoms with van der Waals surface area (Å²) in [6.45, 7) is 5.24. The van der Waals surface area contributed by atoms with E-state index in [9.17, 15) is 4.79 Å². The molecule has 1 N–H and O–H groups in total. The van der Waals surface area contributed by atoms with Crippen LogP contribution in [0.2, 0.25) is 0 Å². The highest BCUT2D eigenvalue weighted by Crippen LogP contribution is 2.46. The molecule has 0 spiro atoms. The lowest BCUT2D eigenvalue weighted by atomic mass is 9.70. The van der Waals surface area contributed by atoms with Crippen molar-refractivity contribution in [3.8, 4) is 0 Å². The van der Waals surface area contributed by atoms with Gasteiger partial charge in [-0.15, -0.1) is 0 Å². The lowest BCUT2D eigenvalue weighted by Gasteiger charge is -2.43. The van der Waals surface area contributed by atoms with Gasteiger partial charge in [-0.1, -0.05) is 55.7 Å². The molecule has 1 aliphatic rings. The number of amides is 1. The molecular weight excluding hydrogens is 332 g/mol. The van der Waals surface area contributed by atoms with Crippen LogP contribution in [0.1, 0.15) is 50.2 Å². The predicted molar refractivity (Wildman–Crippen MR) is 114 cm³/mol. The molecule has 3 heteroatoms. The molecule has 1 unspecified atom stereocenters. The van der Waals surface area contributed by atoms with E-state index < -0.39 is 0 Å². The number of rotatable bonds is 8. The van der Waals surface area contributed by atoms with E-state index in [-0.39, 0.29) is 11.3 Å². The molecular formula is C24H32N2O. The Kier molecular flexibility index (Phi) is 6.33. The number of para-hydroxylation sites is 1. The summed E-state index contributed by atoms with van der Waals surface area (Å²) in [5.74, 6) is 0.273. The van der Waals surface area contributed by atoms with Gasteiger partial charge in [0, 0.05) is 5.69 Å². The quantitative estimate of drug-likeness (QED) is 0.637. The highest BCUT2D eigenvalue weighted by atomic mass is 16.2. The maximum atomic E-state index is 13.9. The maximum absolute atomic E-state index is 13.9. The van der Waals surface area contributed by atoms with Crippen LogP contribution in [-0.4, -0.2) is 19.5 Å². The van der Waals surface area contributed by atoms with Crippen molar-refractivity contribution in [3.05, 3.63) is 59.7 Å². The number of nitrogens with zero attached hydrogens (tertiary/aromatic N) is 1. The number of hydrogen-bond acceptors (Lipinski definition) is 2. The maximum Gasteiger partial charge on any atom is 0.238 e. The van der Waals surface area contributed by atoms with E-state index in [1.54, 1.807) is 0 Å². The average Bonchev–Trinajstić information content (AvgIpc) is 2.68. The molecule has 1 aliphatic heterocycles. The summed E-state index contributed by atoms with van der Waals surface area (Å²) in [7, 11) is 1.98. The van der Waals surface area contributed by atoms with Crippen molar-refractivity contribution < 1.29 is 4.79 Å². The molecule has 27 heavy (non-hydrogen) atoms. The van der Waals surface area contributed by atoms with Gasteiger partial charge in [0.15, 0.2) is 0 Å². The molecule has 0 fully saturated rings. The van der Waals surface area contributed by atoms with Gasteiger partial charge >= 0.3 is 0 Å². The predicted octanol–water partition coefficient (Wildman–Crippen LogP) is 5.39. The third-order valence-corrected chi connectivity index (χ3v) is 5.80. The SMILES string of the molecule is CCCCC1(CCCNC)Cc2ccccc2N(c2ccc(C)cc2)C1=O.